The third-order valence-corrected chi connectivity index (χ3v) is 6.80. The van der Waals surface area contributed by atoms with Gasteiger partial charge in [-0.1, -0.05) is 13.8 Å². The topological polar surface area (TPSA) is 50.9 Å². The van der Waals surface area contributed by atoms with Crippen LogP contribution in [0.25, 0.3) is 0 Å². The molecule has 0 spiro atoms. The van der Waals surface area contributed by atoms with E-state index in [-0.39, 0.29) is 0 Å². The number of rotatable bonds is 5. The normalized spacial score (nSPS) is 24.6. The molecule has 112 valence electrons. The highest BCUT2D eigenvalue weighted by Crippen LogP contribution is 2.39. The van der Waals surface area contributed by atoms with Crippen molar-refractivity contribution in [3.8, 4) is 0 Å². The van der Waals surface area contributed by atoms with Crippen molar-refractivity contribution in [1.29, 1.82) is 0 Å². The molecular formula is C15H25N3S2. The first-order chi connectivity index (χ1) is 9.63. The van der Waals surface area contributed by atoms with E-state index in [4.69, 9.17) is 5.73 Å². The molecule has 0 aromatic carbocycles. The number of thioether (sulfide) groups is 2. The van der Waals surface area contributed by atoms with Gasteiger partial charge in [-0.3, -0.25) is 0 Å². The van der Waals surface area contributed by atoms with Crippen molar-refractivity contribution in [1.82, 2.24) is 10.3 Å². The molecule has 0 aliphatic carbocycles. The number of anilines is 1. The number of nitrogens with zero attached hydrogens (tertiary/aromatic N) is 1. The average molecular weight is 312 g/mol. The molecule has 1 aliphatic heterocycles. The summed E-state index contributed by atoms with van der Waals surface area (Å²) >= 11 is 4.14. The van der Waals surface area contributed by atoms with Crippen LogP contribution in [-0.4, -0.2) is 33.5 Å². The molecule has 3 unspecified atom stereocenters. The Morgan fingerprint density at radius 2 is 2.20 bits per heavy atom. The maximum Gasteiger partial charge on any atom is 0.128 e. The first kappa shape index (κ1) is 16.0. The van der Waals surface area contributed by atoms with Gasteiger partial charge in [-0.25, -0.2) is 4.98 Å². The van der Waals surface area contributed by atoms with Gasteiger partial charge in [0.15, 0.2) is 0 Å². The summed E-state index contributed by atoms with van der Waals surface area (Å²) in [5, 5.41) is 4.90. The van der Waals surface area contributed by atoms with Crippen LogP contribution in [0.5, 0.6) is 0 Å². The molecular weight excluding hydrogens is 286 g/mol. The zero-order chi connectivity index (χ0) is 14.5. The molecule has 1 fully saturated rings. The van der Waals surface area contributed by atoms with Gasteiger partial charge in [0.25, 0.3) is 0 Å². The number of hydrogen-bond acceptors (Lipinski definition) is 5. The Bertz CT molecular complexity index is 439. The van der Waals surface area contributed by atoms with E-state index >= 15 is 0 Å². The third-order valence-electron chi connectivity index (χ3n) is 3.60. The lowest BCUT2D eigenvalue weighted by atomic mass is 10.0. The number of nitrogen functional groups attached to an aromatic ring is 1. The lowest BCUT2D eigenvalue weighted by Crippen LogP contribution is -2.38. The number of nitrogens with two attached hydrogens (primary N) is 1. The summed E-state index contributed by atoms with van der Waals surface area (Å²) in [6, 6.07) is 2.50. The van der Waals surface area contributed by atoms with E-state index in [1.54, 1.807) is 0 Å². The van der Waals surface area contributed by atoms with E-state index in [9.17, 15) is 0 Å². The monoisotopic (exact) mass is 311 g/mol. The van der Waals surface area contributed by atoms with Gasteiger partial charge in [-0.15, -0.1) is 0 Å². The Morgan fingerprint density at radius 3 is 2.90 bits per heavy atom. The fourth-order valence-electron chi connectivity index (χ4n) is 2.57. The summed E-state index contributed by atoms with van der Waals surface area (Å²) in [5.74, 6) is 3.15. The molecule has 1 aliphatic rings. The molecule has 3 atom stereocenters. The lowest BCUT2D eigenvalue weighted by Gasteiger charge is -2.35. The molecule has 0 bridgehead atoms. The van der Waals surface area contributed by atoms with Crippen molar-refractivity contribution in [3.05, 3.63) is 23.4 Å². The van der Waals surface area contributed by atoms with Gasteiger partial charge in [-0.2, -0.15) is 23.5 Å². The van der Waals surface area contributed by atoms with Crippen LogP contribution in [-0.2, 0) is 0 Å². The first-order valence-corrected chi connectivity index (χ1v) is 9.41. The highest BCUT2D eigenvalue weighted by molar-refractivity contribution is 8.07. The summed E-state index contributed by atoms with van der Waals surface area (Å²) in [6.07, 6.45) is 2.98. The van der Waals surface area contributed by atoms with Crippen LogP contribution >= 0.6 is 23.5 Å². The first-order valence-electron chi connectivity index (χ1n) is 7.32. The van der Waals surface area contributed by atoms with Crippen LogP contribution in [0.2, 0.25) is 0 Å². The fraction of sp³-hybridized carbons (Fsp3) is 0.667. The molecule has 5 heteroatoms. The van der Waals surface area contributed by atoms with Gasteiger partial charge in [0.1, 0.15) is 5.82 Å². The zero-order valence-corrected chi connectivity index (χ0v) is 14.2. The van der Waals surface area contributed by atoms with Crippen molar-refractivity contribution < 1.29 is 0 Å². The second-order valence-corrected chi connectivity index (χ2v) is 8.10. The molecule has 1 aromatic heterocycles. The maximum atomic E-state index is 6.15. The maximum absolute atomic E-state index is 6.15. The van der Waals surface area contributed by atoms with E-state index in [0.717, 1.165) is 13.0 Å². The molecule has 2 rings (SSSR count). The van der Waals surface area contributed by atoms with E-state index in [1.165, 1.54) is 22.6 Å². The van der Waals surface area contributed by atoms with Crippen molar-refractivity contribution in [2.24, 2.45) is 0 Å². The van der Waals surface area contributed by atoms with Gasteiger partial charge < -0.3 is 11.1 Å². The summed E-state index contributed by atoms with van der Waals surface area (Å²) in [7, 11) is 0. The average Bonchev–Trinajstić information content (AvgIpc) is 2.44. The molecule has 0 amide bonds. The minimum Gasteiger partial charge on any atom is -0.383 e. The molecule has 3 nitrogen and oxygen atoms in total. The third kappa shape index (κ3) is 3.83. The standard InChI is InChI=1S/C15H25N3S2/c1-4-5-17-13(14-11(3)19-6-7-20-14)12-8-10(2)9-18-15(12)16/h8-9,11,13-14,17H,4-7H2,1-3H3,(H2,16,18). The number of hydrogen-bond donors (Lipinski definition) is 2. The Balaban J connectivity index is 2.28. The Kier molecular flexibility index (Phi) is 6.05. The minimum absolute atomic E-state index is 0.301. The highest BCUT2D eigenvalue weighted by Gasteiger charge is 2.32. The molecule has 1 saturated heterocycles. The molecule has 2 heterocycles. The van der Waals surface area contributed by atoms with Gasteiger partial charge in [0.2, 0.25) is 0 Å². The second-order valence-electron chi connectivity index (χ2n) is 5.33. The largest absolute Gasteiger partial charge is 0.383 e. The van der Waals surface area contributed by atoms with E-state index < -0.39 is 0 Å². The van der Waals surface area contributed by atoms with Crippen LogP contribution in [0.4, 0.5) is 5.82 Å². The van der Waals surface area contributed by atoms with Crippen LogP contribution in [0, 0.1) is 6.92 Å². The predicted molar refractivity (Wildman–Crippen MR) is 92.6 cm³/mol. The number of aromatic nitrogens is 1. The molecule has 0 radical (unpaired) electrons. The number of nitrogens with one attached hydrogen (secondary N) is 1. The summed E-state index contributed by atoms with van der Waals surface area (Å²) in [5.41, 5.74) is 8.50. The van der Waals surface area contributed by atoms with Crippen molar-refractivity contribution in [2.45, 2.75) is 43.7 Å². The molecule has 0 saturated carbocycles. The van der Waals surface area contributed by atoms with Crippen molar-refractivity contribution in [2.75, 3.05) is 23.8 Å². The van der Waals surface area contributed by atoms with E-state index in [0.29, 0.717) is 22.4 Å². The zero-order valence-electron chi connectivity index (χ0n) is 12.6. The summed E-state index contributed by atoms with van der Waals surface area (Å²) in [4.78, 5) is 4.35. The second kappa shape index (κ2) is 7.57. The Morgan fingerprint density at radius 1 is 1.45 bits per heavy atom. The van der Waals surface area contributed by atoms with Gasteiger partial charge >= 0.3 is 0 Å². The van der Waals surface area contributed by atoms with Gasteiger partial charge in [-0.05, 0) is 31.5 Å². The lowest BCUT2D eigenvalue weighted by molar-refractivity contribution is 0.509. The quantitative estimate of drug-likeness (QED) is 0.874. The SMILES string of the molecule is CCCNC(c1cc(C)cnc1N)C1SCCSC1C. The van der Waals surface area contributed by atoms with E-state index in [2.05, 4.69) is 60.7 Å². The number of pyridine rings is 1. The van der Waals surface area contributed by atoms with Crippen molar-refractivity contribution in [3.63, 3.8) is 0 Å². The molecule has 20 heavy (non-hydrogen) atoms. The minimum atomic E-state index is 0.301. The van der Waals surface area contributed by atoms with Crippen LogP contribution < -0.4 is 11.1 Å². The summed E-state index contributed by atoms with van der Waals surface area (Å²) in [6.45, 7) is 7.64. The smallest absolute Gasteiger partial charge is 0.128 e. The Hall–Kier alpha value is -0.390. The van der Waals surface area contributed by atoms with Crippen LogP contribution in [0.15, 0.2) is 12.3 Å². The molecule has 3 N–H and O–H groups in total. The molecule has 1 aromatic rings. The van der Waals surface area contributed by atoms with Crippen LogP contribution in [0.1, 0.15) is 37.4 Å². The van der Waals surface area contributed by atoms with Gasteiger partial charge in [0.05, 0.1) is 0 Å². The number of aryl methyl sites for hydroxylation is 1. The van der Waals surface area contributed by atoms with Gasteiger partial charge in [0, 0.05) is 39.8 Å². The van der Waals surface area contributed by atoms with Crippen LogP contribution in [0.3, 0.4) is 0 Å². The van der Waals surface area contributed by atoms with Crippen molar-refractivity contribution >= 4 is 29.3 Å². The Labute approximate surface area is 130 Å². The van der Waals surface area contributed by atoms with E-state index in [1.807, 2.05) is 6.20 Å². The predicted octanol–water partition coefficient (Wildman–Crippen LogP) is 3.25. The highest BCUT2D eigenvalue weighted by atomic mass is 32.2. The summed E-state index contributed by atoms with van der Waals surface area (Å²) < 4.78 is 0. The fourth-order valence-corrected chi connectivity index (χ4v) is 5.51.